The molecule has 0 aliphatic carbocycles. The predicted octanol–water partition coefficient (Wildman–Crippen LogP) is -0.590. The summed E-state index contributed by atoms with van der Waals surface area (Å²) in [6.45, 7) is 2.14. The average molecular weight is 228 g/mol. The average Bonchev–Trinajstić information content (AvgIpc) is 2.01. The fourth-order valence-electron chi connectivity index (χ4n) is 1.05. The zero-order chi connectivity index (χ0) is 10.2. The summed E-state index contributed by atoms with van der Waals surface area (Å²) in [7, 11) is -4.15. The normalized spacial score (nSPS) is 11.6. The van der Waals surface area contributed by atoms with Crippen molar-refractivity contribution in [2.45, 2.75) is 45.4 Å². The van der Waals surface area contributed by atoms with Gasteiger partial charge in [0.2, 0.25) is 0 Å². The maximum Gasteiger partial charge on any atom is 1.00 e. The summed E-state index contributed by atoms with van der Waals surface area (Å²) >= 11 is 0. The molecule has 0 aliphatic rings. The number of allylic oxidation sites excluding steroid dienone is 1. The minimum atomic E-state index is -4.15. The van der Waals surface area contributed by atoms with E-state index in [0.29, 0.717) is 6.42 Å². The van der Waals surface area contributed by atoms with Crippen LogP contribution < -0.4 is 29.6 Å². The first-order chi connectivity index (χ1) is 6.06. The summed E-state index contributed by atoms with van der Waals surface area (Å²) in [6, 6.07) is 0. The molecule has 0 unspecified atom stereocenters. The van der Waals surface area contributed by atoms with Gasteiger partial charge >= 0.3 is 29.6 Å². The molecule has 0 aromatic carbocycles. The van der Waals surface area contributed by atoms with Crippen molar-refractivity contribution in [3.05, 3.63) is 11.5 Å². The largest absolute Gasteiger partial charge is 1.00 e. The van der Waals surface area contributed by atoms with E-state index in [4.69, 9.17) is 0 Å². The van der Waals surface area contributed by atoms with E-state index < -0.39 is 10.1 Å². The summed E-state index contributed by atoms with van der Waals surface area (Å²) in [5.74, 6) is 0. The smallest absolute Gasteiger partial charge is 0.744 e. The van der Waals surface area contributed by atoms with E-state index >= 15 is 0 Å². The molecule has 0 fully saturated rings. The van der Waals surface area contributed by atoms with Crippen LogP contribution in [0.3, 0.4) is 0 Å². The molecule has 0 saturated carbocycles. The predicted molar refractivity (Wildman–Crippen MR) is 52.2 cm³/mol. The van der Waals surface area contributed by atoms with Crippen molar-refractivity contribution in [3.63, 3.8) is 0 Å². The van der Waals surface area contributed by atoms with Gasteiger partial charge in [-0.25, -0.2) is 8.42 Å². The molecule has 0 aliphatic heterocycles. The van der Waals surface area contributed by atoms with E-state index in [2.05, 4.69) is 6.92 Å². The third kappa shape index (κ3) is 15.1. The van der Waals surface area contributed by atoms with E-state index in [1.54, 1.807) is 0 Å². The van der Waals surface area contributed by atoms with E-state index in [1.165, 1.54) is 25.3 Å². The van der Waals surface area contributed by atoms with Gasteiger partial charge in [-0.1, -0.05) is 38.7 Å². The second-order valence-electron chi connectivity index (χ2n) is 3.07. The molecular formula is C9H17NaO3S. The number of hydrogen-bond donors (Lipinski definition) is 0. The molecule has 78 valence electrons. The van der Waals surface area contributed by atoms with Crippen LogP contribution in [0.5, 0.6) is 0 Å². The van der Waals surface area contributed by atoms with Crippen molar-refractivity contribution in [2.24, 2.45) is 0 Å². The van der Waals surface area contributed by atoms with Crippen LogP contribution in [-0.2, 0) is 10.1 Å². The van der Waals surface area contributed by atoms with Gasteiger partial charge in [0.25, 0.3) is 0 Å². The van der Waals surface area contributed by atoms with Crippen LogP contribution in [0, 0.1) is 0 Å². The number of unbranched alkanes of at least 4 members (excludes halogenated alkanes) is 5. The van der Waals surface area contributed by atoms with Crippen molar-refractivity contribution in [1.29, 1.82) is 0 Å². The third-order valence-electron chi connectivity index (χ3n) is 1.74. The molecule has 0 aromatic heterocycles. The zero-order valence-electron chi connectivity index (χ0n) is 9.03. The molecular weight excluding hydrogens is 211 g/mol. The van der Waals surface area contributed by atoms with Gasteiger partial charge in [0, 0.05) is 5.41 Å². The molecule has 0 rings (SSSR count). The van der Waals surface area contributed by atoms with Crippen LogP contribution in [0.1, 0.15) is 45.4 Å². The molecule has 0 N–H and O–H groups in total. The molecule has 0 radical (unpaired) electrons. The Morgan fingerprint density at radius 2 is 1.71 bits per heavy atom. The van der Waals surface area contributed by atoms with Crippen molar-refractivity contribution in [1.82, 2.24) is 0 Å². The monoisotopic (exact) mass is 228 g/mol. The van der Waals surface area contributed by atoms with E-state index in [9.17, 15) is 13.0 Å². The maximum absolute atomic E-state index is 10.1. The molecule has 0 atom stereocenters. The van der Waals surface area contributed by atoms with Crippen LogP contribution >= 0.6 is 0 Å². The second kappa shape index (κ2) is 10.2. The SMILES string of the molecule is CCCCCCCC=CS(=O)(=O)[O-].[Na+]. The van der Waals surface area contributed by atoms with E-state index in [-0.39, 0.29) is 29.6 Å². The van der Waals surface area contributed by atoms with Gasteiger partial charge < -0.3 is 4.55 Å². The summed E-state index contributed by atoms with van der Waals surface area (Å²) in [5, 5.41) is 0.743. The summed E-state index contributed by atoms with van der Waals surface area (Å²) in [5.41, 5.74) is 0. The van der Waals surface area contributed by atoms with Gasteiger partial charge in [-0.2, -0.15) is 0 Å². The van der Waals surface area contributed by atoms with Gasteiger partial charge in [-0.05, 0) is 12.8 Å². The third-order valence-corrected chi connectivity index (χ3v) is 2.26. The number of rotatable bonds is 7. The Morgan fingerprint density at radius 1 is 1.14 bits per heavy atom. The van der Waals surface area contributed by atoms with Crippen LogP contribution in [0.15, 0.2) is 11.5 Å². The van der Waals surface area contributed by atoms with Gasteiger partial charge in [0.1, 0.15) is 10.1 Å². The van der Waals surface area contributed by atoms with Crippen molar-refractivity contribution in [3.8, 4) is 0 Å². The Labute approximate surface area is 109 Å². The minimum absolute atomic E-state index is 0. The Balaban J connectivity index is 0. The molecule has 0 saturated heterocycles. The van der Waals surface area contributed by atoms with Crippen molar-refractivity contribution < 1.29 is 42.5 Å². The van der Waals surface area contributed by atoms with Gasteiger partial charge in [0.05, 0.1) is 0 Å². The van der Waals surface area contributed by atoms with Crippen molar-refractivity contribution >= 4 is 10.1 Å². The second-order valence-corrected chi connectivity index (χ2v) is 4.33. The van der Waals surface area contributed by atoms with Gasteiger partial charge in [-0.3, -0.25) is 0 Å². The first-order valence-corrected chi connectivity index (χ1v) is 6.16. The summed E-state index contributed by atoms with van der Waals surface area (Å²) in [4.78, 5) is 0. The van der Waals surface area contributed by atoms with Crippen LogP contribution in [0.4, 0.5) is 0 Å². The van der Waals surface area contributed by atoms with E-state index in [0.717, 1.165) is 18.2 Å². The Morgan fingerprint density at radius 3 is 2.21 bits per heavy atom. The summed E-state index contributed by atoms with van der Waals surface area (Å²) < 4.78 is 30.4. The van der Waals surface area contributed by atoms with Gasteiger partial charge in [0.15, 0.2) is 0 Å². The van der Waals surface area contributed by atoms with Crippen LogP contribution in [0.2, 0.25) is 0 Å². The summed E-state index contributed by atoms with van der Waals surface area (Å²) in [6.07, 6.45) is 7.81. The van der Waals surface area contributed by atoms with Gasteiger partial charge in [-0.15, -0.1) is 0 Å². The quantitative estimate of drug-likeness (QED) is 0.332. The van der Waals surface area contributed by atoms with E-state index in [1.807, 2.05) is 0 Å². The molecule has 5 heteroatoms. The molecule has 0 heterocycles. The Kier molecular flexibility index (Phi) is 12.4. The molecule has 3 nitrogen and oxygen atoms in total. The molecule has 0 amide bonds. The molecule has 0 bridgehead atoms. The fraction of sp³-hybridized carbons (Fsp3) is 0.778. The van der Waals surface area contributed by atoms with Crippen molar-refractivity contribution in [2.75, 3.05) is 0 Å². The maximum atomic E-state index is 10.1. The Hall–Kier alpha value is 0.650. The minimum Gasteiger partial charge on any atom is -0.744 e. The fourth-order valence-corrected chi connectivity index (χ4v) is 1.42. The first kappa shape index (κ1) is 17.1. The van der Waals surface area contributed by atoms with Crippen LogP contribution in [0.25, 0.3) is 0 Å². The van der Waals surface area contributed by atoms with Crippen LogP contribution in [-0.4, -0.2) is 13.0 Å². The number of hydrogen-bond acceptors (Lipinski definition) is 3. The topological polar surface area (TPSA) is 57.2 Å². The molecule has 14 heavy (non-hydrogen) atoms. The zero-order valence-corrected chi connectivity index (χ0v) is 11.8. The standard InChI is InChI=1S/C9H18O3S.Na/c1-2-3-4-5-6-7-8-9-13(10,11)12;/h8-9H,2-7H2,1H3,(H,10,11,12);/q;+1/p-1. The molecule has 0 spiro atoms. The first-order valence-electron chi connectivity index (χ1n) is 4.68. The molecule has 0 aromatic rings. The Bertz CT molecular complexity index is 234.